The van der Waals surface area contributed by atoms with E-state index in [2.05, 4.69) is 16.9 Å². The van der Waals surface area contributed by atoms with Crippen LogP contribution in [0.15, 0.2) is 48.8 Å². The molecule has 6 nitrogen and oxygen atoms in total. The number of hydrogen-bond donors (Lipinski definition) is 0. The van der Waals surface area contributed by atoms with Crippen LogP contribution in [0.2, 0.25) is 0 Å². The lowest BCUT2D eigenvalue weighted by atomic mass is 10.1. The average molecular weight is 425 g/mol. The lowest BCUT2D eigenvalue weighted by Gasteiger charge is -2.12. The van der Waals surface area contributed by atoms with E-state index in [9.17, 15) is 9.59 Å². The van der Waals surface area contributed by atoms with Crippen molar-refractivity contribution >= 4 is 11.9 Å². The fraction of sp³-hybridized carbons (Fsp3) is 0.440. The topological polar surface area (TPSA) is 78.4 Å². The van der Waals surface area contributed by atoms with Gasteiger partial charge < -0.3 is 9.47 Å². The average Bonchev–Trinajstić information content (AvgIpc) is 2.78. The summed E-state index contributed by atoms with van der Waals surface area (Å²) in [5, 5.41) is 0. The fourth-order valence-electron chi connectivity index (χ4n) is 2.92. The van der Waals surface area contributed by atoms with E-state index in [1.807, 2.05) is 37.3 Å². The highest BCUT2D eigenvalue weighted by molar-refractivity contribution is 5.83. The number of allylic oxidation sites excluding steroid dienone is 1. The minimum absolute atomic E-state index is 0.100. The SMILES string of the molecule is CCCCCC=CC(=O)Oc1cnc(-c2ccc(CCC(C)OC(=O)CC)cc2)nc1. The first-order valence-corrected chi connectivity index (χ1v) is 11.0. The Labute approximate surface area is 184 Å². The van der Waals surface area contributed by atoms with Gasteiger partial charge in [-0.25, -0.2) is 14.8 Å². The van der Waals surface area contributed by atoms with Crippen LogP contribution in [-0.4, -0.2) is 28.0 Å². The Bertz CT molecular complexity index is 845. The lowest BCUT2D eigenvalue weighted by molar-refractivity contribution is -0.148. The molecule has 1 aromatic carbocycles. The number of esters is 2. The summed E-state index contributed by atoms with van der Waals surface area (Å²) in [4.78, 5) is 31.8. The number of ether oxygens (including phenoxy) is 2. The molecule has 6 heteroatoms. The monoisotopic (exact) mass is 424 g/mol. The van der Waals surface area contributed by atoms with E-state index in [0.717, 1.165) is 49.7 Å². The maximum Gasteiger partial charge on any atom is 0.335 e. The molecule has 0 saturated heterocycles. The van der Waals surface area contributed by atoms with E-state index < -0.39 is 5.97 Å². The lowest BCUT2D eigenvalue weighted by Crippen LogP contribution is -2.14. The number of unbranched alkanes of at least 4 members (excludes halogenated alkanes) is 3. The third-order valence-corrected chi connectivity index (χ3v) is 4.75. The van der Waals surface area contributed by atoms with E-state index in [-0.39, 0.29) is 12.1 Å². The highest BCUT2D eigenvalue weighted by atomic mass is 16.5. The van der Waals surface area contributed by atoms with Crippen molar-refractivity contribution in [2.45, 2.75) is 71.8 Å². The third-order valence-electron chi connectivity index (χ3n) is 4.75. The Balaban J connectivity index is 1.84. The minimum atomic E-state index is -0.420. The van der Waals surface area contributed by atoms with Gasteiger partial charge in [0.2, 0.25) is 0 Å². The molecule has 2 aromatic rings. The first-order chi connectivity index (χ1) is 15.0. The second-order valence-electron chi connectivity index (χ2n) is 7.45. The predicted molar refractivity (Wildman–Crippen MR) is 121 cm³/mol. The smallest absolute Gasteiger partial charge is 0.335 e. The summed E-state index contributed by atoms with van der Waals surface area (Å²) in [5.74, 6) is 0.291. The van der Waals surface area contributed by atoms with E-state index >= 15 is 0 Å². The van der Waals surface area contributed by atoms with Crippen LogP contribution in [0.4, 0.5) is 0 Å². The summed E-state index contributed by atoms with van der Waals surface area (Å²) in [6.07, 6.45) is 12.4. The molecule has 1 heterocycles. The summed E-state index contributed by atoms with van der Waals surface area (Å²) in [6.45, 7) is 5.84. The van der Waals surface area contributed by atoms with Crippen molar-refractivity contribution in [3.63, 3.8) is 0 Å². The second-order valence-corrected chi connectivity index (χ2v) is 7.45. The van der Waals surface area contributed by atoms with Crippen LogP contribution < -0.4 is 4.74 Å². The summed E-state index contributed by atoms with van der Waals surface area (Å²) >= 11 is 0. The van der Waals surface area contributed by atoms with Gasteiger partial charge in [0.05, 0.1) is 18.5 Å². The quantitative estimate of drug-likeness (QED) is 0.256. The zero-order chi connectivity index (χ0) is 22.5. The summed E-state index contributed by atoms with van der Waals surface area (Å²) in [6, 6.07) is 7.95. The van der Waals surface area contributed by atoms with Crippen LogP contribution in [0, 0.1) is 0 Å². The van der Waals surface area contributed by atoms with Gasteiger partial charge in [-0.3, -0.25) is 4.79 Å². The molecule has 0 aliphatic carbocycles. The molecule has 0 aliphatic rings. The maximum absolute atomic E-state index is 11.8. The van der Waals surface area contributed by atoms with Gasteiger partial charge in [0, 0.05) is 18.1 Å². The van der Waals surface area contributed by atoms with Gasteiger partial charge in [0.1, 0.15) is 0 Å². The van der Waals surface area contributed by atoms with Crippen molar-refractivity contribution in [2.75, 3.05) is 0 Å². The molecule has 0 aliphatic heterocycles. The number of aromatic nitrogens is 2. The summed E-state index contributed by atoms with van der Waals surface area (Å²) in [5.41, 5.74) is 2.03. The van der Waals surface area contributed by atoms with Gasteiger partial charge >= 0.3 is 11.9 Å². The highest BCUT2D eigenvalue weighted by Crippen LogP contribution is 2.18. The molecule has 0 fully saturated rings. The van der Waals surface area contributed by atoms with Crippen molar-refractivity contribution in [3.8, 4) is 17.1 Å². The van der Waals surface area contributed by atoms with Crippen LogP contribution in [0.3, 0.4) is 0 Å². The number of hydrogen-bond acceptors (Lipinski definition) is 6. The molecule has 0 radical (unpaired) electrons. The molecule has 1 aromatic heterocycles. The molecular formula is C25H32N2O4. The van der Waals surface area contributed by atoms with Crippen LogP contribution in [-0.2, 0) is 20.7 Å². The highest BCUT2D eigenvalue weighted by Gasteiger charge is 2.09. The Morgan fingerprint density at radius 1 is 1.06 bits per heavy atom. The van der Waals surface area contributed by atoms with E-state index in [1.165, 1.54) is 18.5 Å². The Morgan fingerprint density at radius 2 is 1.77 bits per heavy atom. The normalized spacial score (nSPS) is 12.0. The number of rotatable bonds is 12. The zero-order valence-electron chi connectivity index (χ0n) is 18.7. The van der Waals surface area contributed by atoms with Crippen molar-refractivity contribution < 1.29 is 19.1 Å². The van der Waals surface area contributed by atoms with Gasteiger partial charge in [-0.2, -0.15) is 0 Å². The fourth-order valence-corrected chi connectivity index (χ4v) is 2.92. The molecule has 2 rings (SSSR count). The molecule has 31 heavy (non-hydrogen) atoms. The van der Waals surface area contributed by atoms with Gasteiger partial charge in [-0.1, -0.05) is 57.0 Å². The standard InChI is InChI=1S/C25H32N2O4/c1-4-6-7-8-9-10-24(29)31-22-17-26-25(27-18-22)21-15-13-20(14-16-21)12-11-19(3)30-23(28)5-2/h9-10,13-19H,4-8,11-12H2,1-3H3. The first-order valence-electron chi connectivity index (χ1n) is 11.0. The second kappa shape index (κ2) is 13.3. The van der Waals surface area contributed by atoms with Gasteiger partial charge in [-0.15, -0.1) is 0 Å². The van der Waals surface area contributed by atoms with Crippen molar-refractivity contribution in [1.82, 2.24) is 9.97 Å². The molecule has 1 unspecified atom stereocenters. The molecule has 0 amide bonds. The first kappa shape index (κ1) is 24.3. The number of carbonyl (C=O) groups is 2. The van der Waals surface area contributed by atoms with Crippen molar-refractivity contribution in [3.05, 3.63) is 54.4 Å². The predicted octanol–water partition coefficient (Wildman–Crippen LogP) is 5.46. The van der Waals surface area contributed by atoms with E-state index in [1.54, 1.807) is 6.92 Å². The molecule has 0 bridgehead atoms. The number of nitrogens with zero attached hydrogens (tertiary/aromatic N) is 2. The van der Waals surface area contributed by atoms with Crippen LogP contribution >= 0.6 is 0 Å². The van der Waals surface area contributed by atoms with E-state index in [4.69, 9.17) is 9.47 Å². The maximum atomic E-state index is 11.8. The van der Waals surface area contributed by atoms with Crippen LogP contribution in [0.1, 0.15) is 64.9 Å². The molecule has 0 N–H and O–H groups in total. The summed E-state index contributed by atoms with van der Waals surface area (Å²) < 4.78 is 10.5. The molecule has 0 saturated carbocycles. The Hall–Kier alpha value is -3.02. The minimum Gasteiger partial charge on any atom is -0.463 e. The third kappa shape index (κ3) is 9.11. The molecule has 1 atom stereocenters. The Morgan fingerprint density at radius 3 is 2.42 bits per heavy atom. The van der Waals surface area contributed by atoms with Gasteiger partial charge in [-0.05, 0) is 38.2 Å². The van der Waals surface area contributed by atoms with Crippen molar-refractivity contribution in [1.29, 1.82) is 0 Å². The number of aryl methyl sites for hydroxylation is 1. The van der Waals surface area contributed by atoms with Crippen molar-refractivity contribution in [2.24, 2.45) is 0 Å². The number of benzene rings is 1. The Kier molecular flexibility index (Phi) is 10.4. The number of carbonyl (C=O) groups excluding carboxylic acids is 2. The largest absolute Gasteiger partial charge is 0.463 e. The van der Waals surface area contributed by atoms with E-state index in [0.29, 0.717) is 18.0 Å². The molecule has 0 spiro atoms. The zero-order valence-corrected chi connectivity index (χ0v) is 18.7. The summed E-state index contributed by atoms with van der Waals surface area (Å²) in [7, 11) is 0. The molecule has 166 valence electrons. The molecular weight excluding hydrogens is 392 g/mol. The van der Waals surface area contributed by atoms with Gasteiger partial charge in [0.25, 0.3) is 0 Å². The van der Waals surface area contributed by atoms with Crippen LogP contribution in [0.25, 0.3) is 11.4 Å². The van der Waals surface area contributed by atoms with Crippen LogP contribution in [0.5, 0.6) is 5.75 Å². The van der Waals surface area contributed by atoms with Gasteiger partial charge in [0.15, 0.2) is 11.6 Å².